The second-order valence-corrected chi connectivity index (χ2v) is 7.72. The van der Waals surface area contributed by atoms with E-state index in [0.29, 0.717) is 0 Å². The Hall–Kier alpha value is -2.14. The third kappa shape index (κ3) is 4.08. The van der Waals surface area contributed by atoms with Gasteiger partial charge in [-0.2, -0.15) is 5.10 Å². The lowest BCUT2D eigenvalue weighted by atomic mass is 9.90. The van der Waals surface area contributed by atoms with E-state index in [4.69, 9.17) is 4.74 Å². The number of benzene rings is 1. The summed E-state index contributed by atoms with van der Waals surface area (Å²) in [6.45, 7) is 4.37. The quantitative estimate of drug-likeness (QED) is 0.736. The van der Waals surface area contributed by atoms with E-state index in [0.717, 1.165) is 73.4 Å². The molecule has 0 saturated carbocycles. The van der Waals surface area contributed by atoms with Gasteiger partial charge in [-0.3, -0.25) is 4.79 Å². The van der Waals surface area contributed by atoms with Gasteiger partial charge in [-0.1, -0.05) is 0 Å². The van der Waals surface area contributed by atoms with Crippen molar-refractivity contribution in [2.75, 3.05) is 26.2 Å². The summed E-state index contributed by atoms with van der Waals surface area (Å²) in [6.07, 6.45) is 7.79. The van der Waals surface area contributed by atoms with Crippen LogP contribution in [0.1, 0.15) is 43.2 Å². The molecule has 4 rings (SSSR count). The fourth-order valence-electron chi connectivity index (χ4n) is 4.28. The molecule has 0 N–H and O–H groups in total. The average molecular weight is 367 g/mol. The predicted octanol–water partition coefficient (Wildman–Crippen LogP) is 3.19. The zero-order chi connectivity index (χ0) is 18.6. The van der Waals surface area contributed by atoms with E-state index in [-0.39, 0.29) is 5.56 Å². The van der Waals surface area contributed by atoms with Crippen molar-refractivity contribution in [1.29, 1.82) is 0 Å². The Morgan fingerprint density at radius 1 is 1.00 bits per heavy atom. The summed E-state index contributed by atoms with van der Waals surface area (Å²) >= 11 is 0. The molecule has 5 heteroatoms. The molecule has 1 aliphatic carbocycles. The van der Waals surface area contributed by atoms with Crippen LogP contribution in [0.5, 0.6) is 5.75 Å². The van der Waals surface area contributed by atoms with Crippen LogP contribution in [0.15, 0.2) is 29.1 Å². The number of nitrogens with zero attached hydrogens (tertiary/aromatic N) is 3. The Labute approximate surface area is 161 Å². The van der Waals surface area contributed by atoms with Gasteiger partial charge >= 0.3 is 0 Å². The van der Waals surface area contributed by atoms with Crippen molar-refractivity contribution < 1.29 is 4.74 Å². The summed E-state index contributed by atoms with van der Waals surface area (Å²) in [5.41, 5.74) is 4.17. The van der Waals surface area contributed by atoms with E-state index in [1.807, 2.05) is 12.1 Å². The molecule has 0 amide bonds. The summed E-state index contributed by atoms with van der Waals surface area (Å²) in [6, 6.07) is 8.18. The predicted molar refractivity (Wildman–Crippen MR) is 107 cm³/mol. The van der Waals surface area contributed by atoms with Crippen molar-refractivity contribution in [2.24, 2.45) is 7.05 Å². The summed E-state index contributed by atoms with van der Waals surface area (Å²) < 4.78 is 7.40. The Balaban J connectivity index is 1.43. The van der Waals surface area contributed by atoms with E-state index in [2.05, 4.69) is 22.1 Å². The molecule has 1 saturated heterocycles. The Kier molecular flexibility index (Phi) is 5.58. The molecule has 0 bridgehead atoms. The lowest BCUT2D eigenvalue weighted by molar-refractivity contribution is 0.263. The Bertz CT molecular complexity index is 836. The average Bonchev–Trinajstić information content (AvgIpc) is 3.22. The van der Waals surface area contributed by atoms with Crippen LogP contribution in [-0.2, 0) is 19.9 Å². The maximum atomic E-state index is 12.4. The molecule has 0 radical (unpaired) electrons. The number of hydrogen-bond donors (Lipinski definition) is 0. The van der Waals surface area contributed by atoms with Crippen LogP contribution in [0.25, 0.3) is 11.3 Å². The highest BCUT2D eigenvalue weighted by Crippen LogP contribution is 2.29. The maximum Gasteiger partial charge on any atom is 0.269 e. The summed E-state index contributed by atoms with van der Waals surface area (Å²) in [5.74, 6) is 0.902. The highest BCUT2D eigenvalue weighted by atomic mass is 16.5. The third-order valence-electron chi connectivity index (χ3n) is 5.77. The topological polar surface area (TPSA) is 47.4 Å². The molecule has 1 aromatic carbocycles. The normalized spacial score (nSPS) is 17.1. The molecule has 1 fully saturated rings. The second-order valence-electron chi connectivity index (χ2n) is 7.72. The van der Waals surface area contributed by atoms with Crippen molar-refractivity contribution in [1.82, 2.24) is 14.7 Å². The van der Waals surface area contributed by atoms with Crippen molar-refractivity contribution in [3.05, 3.63) is 45.7 Å². The molecule has 5 nitrogen and oxygen atoms in total. The van der Waals surface area contributed by atoms with Crippen LogP contribution < -0.4 is 10.3 Å². The van der Waals surface area contributed by atoms with Crippen molar-refractivity contribution in [3.63, 3.8) is 0 Å². The molecule has 0 atom stereocenters. The molecule has 0 spiro atoms. The van der Waals surface area contributed by atoms with Crippen molar-refractivity contribution in [2.45, 2.75) is 44.9 Å². The van der Waals surface area contributed by atoms with Gasteiger partial charge in [-0.15, -0.1) is 0 Å². The first-order valence-corrected chi connectivity index (χ1v) is 10.3. The minimum Gasteiger partial charge on any atom is -0.494 e. The van der Waals surface area contributed by atoms with Gasteiger partial charge in [0.1, 0.15) is 5.75 Å². The van der Waals surface area contributed by atoms with Gasteiger partial charge in [0.25, 0.3) is 5.56 Å². The van der Waals surface area contributed by atoms with Crippen LogP contribution in [0, 0.1) is 0 Å². The van der Waals surface area contributed by atoms with Gasteiger partial charge in [-0.05, 0) is 87.9 Å². The molecule has 2 aliphatic rings. The van der Waals surface area contributed by atoms with Crippen LogP contribution in [0.3, 0.4) is 0 Å². The van der Waals surface area contributed by atoms with Gasteiger partial charge in [0.15, 0.2) is 0 Å². The molecule has 1 aromatic heterocycles. The molecule has 27 heavy (non-hydrogen) atoms. The molecular weight excluding hydrogens is 338 g/mol. The summed E-state index contributed by atoms with van der Waals surface area (Å²) in [4.78, 5) is 14.9. The Morgan fingerprint density at radius 2 is 1.70 bits per heavy atom. The molecule has 144 valence electrons. The van der Waals surface area contributed by atoms with Crippen LogP contribution in [-0.4, -0.2) is 40.9 Å². The fourth-order valence-corrected chi connectivity index (χ4v) is 4.28. The minimum atomic E-state index is 0.0615. The van der Waals surface area contributed by atoms with Gasteiger partial charge in [0.2, 0.25) is 0 Å². The number of fused-ring (bicyclic) bond motifs is 1. The molecular formula is C22H29N3O2. The number of hydrogen-bond acceptors (Lipinski definition) is 4. The van der Waals surface area contributed by atoms with Crippen molar-refractivity contribution >= 4 is 0 Å². The van der Waals surface area contributed by atoms with Crippen LogP contribution in [0.2, 0.25) is 0 Å². The molecule has 2 aromatic rings. The van der Waals surface area contributed by atoms with Gasteiger partial charge in [0.05, 0.1) is 12.3 Å². The van der Waals surface area contributed by atoms with Crippen LogP contribution in [0.4, 0.5) is 0 Å². The van der Waals surface area contributed by atoms with E-state index < -0.39 is 0 Å². The largest absolute Gasteiger partial charge is 0.494 e. The highest BCUT2D eigenvalue weighted by Gasteiger charge is 2.20. The van der Waals surface area contributed by atoms with Gasteiger partial charge in [-0.25, -0.2) is 4.68 Å². The molecule has 0 unspecified atom stereocenters. The first kappa shape index (κ1) is 18.2. The molecule has 1 aliphatic heterocycles. The summed E-state index contributed by atoms with van der Waals surface area (Å²) in [7, 11) is 1.75. The number of aryl methyl sites for hydroxylation is 1. The van der Waals surface area contributed by atoms with E-state index in [9.17, 15) is 4.79 Å². The lowest BCUT2D eigenvalue weighted by Gasteiger charge is -2.19. The standard InChI is InChI=1S/C22H29N3O2/c1-24-22(26)20-8-3-2-7-19(20)21(23-24)17-9-11-18(12-10-17)27-16-6-15-25-13-4-5-14-25/h9-12H,2-8,13-16H2,1H3. The van der Waals surface area contributed by atoms with E-state index in [1.165, 1.54) is 30.6 Å². The minimum absolute atomic E-state index is 0.0615. The first-order chi connectivity index (χ1) is 13.2. The van der Waals surface area contributed by atoms with Crippen LogP contribution >= 0.6 is 0 Å². The number of likely N-dealkylation sites (tertiary alicyclic amines) is 1. The fraction of sp³-hybridized carbons (Fsp3) is 0.545. The first-order valence-electron chi connectivity index (χ1n) is 10.3. The number of rotatable bonds is 6. The molecule has 2 heterocycles. The smallest absolute Gasteiger partial charge is 0.269 e. The number of ether oxygens (including phenoxy) is 1. The maximum absolute atomic E-state index is 12.4. The second kappa shape index (κ2) is 8.26. The van der Waals surface area contributed by atoms with Gasteiger partial charge in [0, 0.05) is 24.7 Å². The zero-order valence-corrected chi connectivity index (χ0v) is 16.2. The highest BCUT2D eigenvalue weighted by molar-refractivity contribution is 5.65. The number of aromatic nitrogens is 2. The van der Waals surface area contributed by atoms with E-state index >= 15 is 0 Å². The van der Waals surface area contributed by atoms with E-state index in [1.54, 1.807) is 7.05 Å². The summed E-state index contributed by atoms with van der Waals surface area (Å²) in [5, 5.41) is 4.56. The SMILES string of the molecule is Cn1nc(-c2ccc(OCCCN3CCCC3)cc2)c2c(c1=O)CCCC2. The van der Waals surface area contributed by atoms with Gasteiger partial charge < -0.3 is 9.64 Å². The third-order valence-corrected chi connectivity index (χ3v) is 5.77. The monoisotopic (exact) mass is 367 g/mol. The lowest BCUT2D eigenvalue weighted by Crippen LogP contribution is -2.28. The zero-order valence-electron chi connectivity index (χ0n) is 16.2. The Morgan fingerprint density at radius 3 is 2.44 bits per heavy atom. The van der Waals surface area contributed by atoms with Crippen molar-refractivity contribution in [3.8, 4) is 17.0 Å².